The molecule has 0 aliphatic heterocycles. The average molecular weight is 264 g/mol. The van der Waals surface area contributed by atoms with Crippen molar-refractivity contribution in [3.8, 4) is 5.75 Å². The fraction of sp³-hybridized carbons (Fsp3) is 0.533. The Kier molecular flexibility index (Phi) is 6.36. The molecule has 4 nitrogen and oxygen atoms in total. The van der Waals surface area contributed by atoms with Gasteiger partial charge < -0.3 is 10.1 Å². The molecule has 0 aromatic heterocycles. The molecular weight excluding hydrogens is 240 g/mol. The fourth-order valence-corrected chi connectivity index (χ4v) is 2.21. The van der Waals surface area contributed by atoms with Gasteiger partial charge in [-0.1, -0.05) is 25.1 Å². The van der Waals surface area contributed by atoms with E-state index in [9.17, 15) is 4.79 Å². The van der Waals surface area contributed by atoms with Crippen molar-refractivity contribution in [3.63, 3.8) is 0 Å². The van der Waals surface area contributed by atoms with Crippen LogP contribution in [0.25, 0.3) is 0 Å². The molecule has 1 rings (SSSR count). The lowest BCUT2D eigenvalue weighted by Crippen LogP contribution is -2.35. The first-order chi connectivity index (χ1) is 9.10. The van der Waals surface area contributed by atoms with Crippen LogP contribution in [0.1, 0.15) is 32.4 Å². The third-order valence-electron chi connectivity index (χ3n) is 3.32. The number of para-hydroxylation sites is 1. The van der Waals surface area contributed by atoms with Gasteiger partial charge in [0.2, 0.25) is 5.91 Å². The van der Waals surface area contributed by atoms with Crippen LogP contribution in [0.2, 0.25) is 0 Å². The quantitative estimate of drug-likeness (QED) is 0.821. The number of nitrogens with zero attached hydrogens (tertiary/aromatic N) is 1. The SMILES string of the molecule is CCN(CCNC(C)=O)C(C)c1ccccc1OC. The van der Waals surface area contributed by atoms with Gasteiger partial charge in [0.1, 0.15) is 5.75 Å². The number of amides is 1. The Balaban J connectivity index is 2.71. The largest absolute Gasteiger partial charge is 0.496 e. The molecular formula is C15H24N2O2. The molecule has 0 aliphatic rings. The van der Waals surface area contributed by atoms with E-state index in [0.29, 0.717) is 6.54 Å². The summed E-state index contributed by atoms with van der Waals surface area (Å²) in [6.07, 6.45) is 0. The summed E-state index contributed by atoms with van der Waals surface area (Å²) >= 11 is 0. The summed E-state index contributed by atoms with van der Waals surface area (Å²) in [6, 6.07) is 8.33. The van der Waals surface area contributed by atoms with Crippen molar-refractivity contribution in [2.45, 2.75) is 26.8 Å². The van der Waals surface area contributed by atoms with Crippen molar-refractivity contribution >= 4 is 5.91 Å². The predicted molar refractivity (Wildman–Crippen MR) is 77.3 cm³/mol. The molecule has 0 bridgehead atoms. The molecule has 1 aromatic rings. The molecule has 4 heteroatoms. The number of rotatable bonds is 7. The number of likely N-dealkylation sites (N-methyl/N-ethyl adjacent to an activating group) is 1. The van der Waals surface area contributed by atoms with Crippen LogP contribution >= 0.6 is 0 Å². The lowest BCUT2D eigenvalue weighted by Gasteiger charge is -2.29. The van der Waals surface area contributed by atoms with Crippen LogP contribution < -0.4 is 10.1 Å². The summed E-state index contributed by atoms with van der Waals surface area (Å²) in [5.74, 6) is 0.925. The van der Waals surface area contributed by atoms with Crippen molar-refractivity contribution in [2.24, 2.45) is 0 Å². The summed E-state index contributed by atoms with van der Waals surface area (Å²) in [7, 11) is 1.69. The lowest BCUT2D eigenvalue weighted by molar-refractivity contribution is -0.119. The number of carbonyl (C=O) groups is 1. The third kappa shape index (κ3) is 4.56. The molecule has 1 aromatic carbocycles. The minimum atomic E-state index is 0.0148. The van der Waals surface area contributed by atoms with Crippen molar-refractivity contribution in [3.05, 3.63) is 29.8 Å². The zero-order valence-corrected chi connectivity index (χ0v) is 12.3. The standard InChI is InChI=1S/C15H24N2O2/c1-5-17(11-10-16-13(3)18)12(2)14-8-6-7-9-15(14)19-4/h6-9,12H,5,10-11H2,1-4H3,(H,16,18). The Bertz CT molecular complexity index is 407. The third-order valence-corrected chi connectivity index (χ3v) is 3.32. The van der Waals surface area contributed by atoms with E-state index >= 15 is 0 Å². The van der Waals surface area contributed by atoms with E-state index in [4.69, 9.17) is 4.74 Å². The van der Waals surface area contributed by atoms with E-state index in [2.05, 4.69) is 30.1 Å². The number of benzene rings is 1. The van der Waals surface area contributed by atoms with Gasteiger partial charge in [-0.25, -0.2) is 0 Å². The summed E-state index contributed by atoms with van der Waals surface area (Å²) in [4.78, 5) is 13.2. The molecule has 1 amide bonds. The Morgan fingerprint density at radius 3 is 2.68 bits per heavy atom. The molecule has 0 spiro atoms. The number of carbonyl (C=O) groups excluding carboxylic acids is 1. The van der Waals surface area contributed by atoms with Gasteiger partial charge >= 0.3 is 0 Å². The highest BCUT2D eigenvalue weighted by molar-refractivity contribution is 5.72. The van der Waals surface area contributed by atoms with E-state index in [1.54, 1.807) is 14.0 Å². The van der Waals surface area contributed by atoms with Gasteiger partial charge in [-0.15, -0.1) is 0 Å². The maximum atomic E-state index is 10.9. The van der Waals surface area contributed by atoms with E-state index < -0.39 is 0 Å². The highest BCUT2D eigenvalue weighted by atomic mass is 16.5. The predicted octanol–water partition coefficient (Wildman–Crippen LogP) is 2.21. The van der Waals surface area contributed by atoms with Gasteiger partial charge in [0, 0.05) is 31.6 Å². The number of hydrogen-bond donors (Lipinski definition) is 1. The van der Waals surface area contributed by atoms with Crippen molar-refractivity contribution < 1.29 is 9.53 Å². The van der Waals surface area contributed by atoms with Crippen LogP contribution in [-0.2, 0) is 4.79 Å². The maximum Gasteiger partial charge on any atom is 0.216 e. The van der Waals surface area contributed by atoms with E-state index in [0.717, 1.165) is 18.8 Å². The molecule has 1 unspecified atom stereocenters. The summed E-state index contributed by atoms with van der Waals surface area (Å²) < 4.78 is 5.41. The van der Waals surface area contributed by atoms with Crippen molar-refractivity contribution in [1.29, 1.82) is 0 Å². The molecule has 0 saturated carbocycles. The zero-order chi connectivity index (χ0) is 14.3. The highest BCUT2D eigenvalue weighted by Gasteiger charge is 2.17. The van der Waals surface area contributed by atoms with Gasteiger partial charge in [-0.05, 0) is 19.5 Å². The molecule has 106 valence electrons. The van der Waals surface area contributed by atoms with Gasteiger partial charge in [0.15, 0.2) is 0 Å². The lowest BCUT2D eigenvalue weighted by atomic mass is 10.1. The molecule has 19 heavy (non-hydrogen) atoms. The minimum Gasteiger partial charge on any atom is -0.496 e. The monoisotopic (exact) mass is 264 g/mol. The first kappa shape index (κ1) is 15.5. The Morgan fingerprint density at radius 2 is 2.11 bits per heavy atom. The number of ether oxygens (including phenoxy) is 1. The molecule has 0 radical (unpaired) electrons. The first-order valence-electron chi connectivity index (χ1n) is 6.71. The van der Waals surface area contributed by atoms with Crippen LogP contribution in [0.5, 0.6) is 5.75 Å². The Labute approximate surface area is 115 Å². The summed E-state index contributed by atoms with van der Waals surface area (Å²) in [6.45, 7) is 8.26. The van der Waals surface area contributed by atoms with Crippen molar-refractivity contribution in [1.82, 2.24) is 10.2 Å². The molecule has 1 N–H and O–H groups in total. The van der Waals surface area contributed by atoms with Gasteiger partial charge in [0.05, 0.1) is 7.11 Å². The topological polar surface area (TPSA) is 41.6 Å². The van der Waals surface area contributed by atoms with E-state index in [1.165, 1.54) is 5.56 Å². The van der Waals surface area contributed by atoms with E-state index in [1.807, 2.05) is 18.2 Å². The second kappa shape index (κ2) is 7.79. The first-order valence-corrected chi connectivity index (χ1v) is 6.71. The normalized spacial score (nSPS) is 12.3. The highest BCUT2D eigenvalue weighted by Crippen LogP contribution is 2.28. The molecule has 1 atom stereocenters. The number of methoxy groups -OCH3 is 1. The molecule has 0 fully saturated rings. The Morgan fingerprint density at radius 1 is 1.42 bits per heavy atom. The van der Waals surface area contributed by atoms with Gasteiger partial charge in [-0.3, -0.25) is 9.69 Å². The van der Waals surface area contributed by atoms with Crippen LogP contribution in [0.3, 0.4) is 0 Å². The van der Waals surface area contributed by atoms with Crippen LogP contribution in [0.4, 0.5) is 0 Å². The van der Waals surface area contributed by atoms with Crippen molar-refractivity contribution in [2.75, 3.05) is 26.7 Å². The summed E-state index contributed by atoms with van der Waals surface area (Å²) in [5.41, 5.74) is 1.18. The average Bonchev–Trinajstić information content (AvgIpc) is 2.42. The zero-order valence-electron chi connectivity index (χ0n) is 12.3. The van der Waals surface area contributed by atoms with Crippen LogP contribution in [0, 0.1) is 0 Å². The van der Waals surface area contributed by atoms with Crippen LogP contribution in [-0.4, -0.2) is 37.6 Å². The van der Waals surface area contributed by atoms with Gasteiger partial charge in [0.25, 0.3) is 0 Å². The smallest absolute Gasteiger partial charge is 0.216 e. The molecule has 0 heterocycles. The number of nitrogens with one attached hydrogen (secondary N) is 1. The second-order valence-corrected chi connectivity index (χ2v) is 4.53. The maximum absolute atomic E-state index is 10.9. The Hall–Kier alpha value is -1.55. The fourth-order valence-electron chi connectivity index (χ4n) is 2.21. The van der Waals surface area contributed by atoms with E-state index in [-0.39, 0.29) is 11.9 Å². The molecule has 0 saturated heterocycles. The van der Waals surface area contributed by atoms with Crippen LogP contribution in [0.15, 0.2) is 24.3 Å². The molecule has 0 aliphatic carbocycles. The number of hydrogen-bond acceptors (Lipinski definition) is 3. The second-order valence-electron chi connectivity index (χ2n) is 4.53. The van der Waals surface area contributed by atoms with Gasteiger partial charge in [-0.2, -0.15) is 0 Å². The minimum absolute atomic E-state index is 0.0148. The summed E-state index contributed by atoms with van der Waals surface area (Å²) in [5, 5.41) is 2.83.